The summed E-state index contributed by atoms with van der Waals surface area (Å²) in [4.78, 5) is 40.4. The highest BCUT2D eigenvalue weighted by Gasteiger charge is 2.23. The van der Waals surface area contributed by atoms with Gasteiger partial charge in [-0.3, -0.25) is 13.9 Å². The van der Waals surface area contributed by atoms with Gasteiger partial charge in [-0.15, -0.1) is 0 Å². The Morgan fingerprint density at radius 2 is 1.94 bits per heavy atom. The molecule has 0 aliphatic carbocycles. The van der Waals surface area contributed by atoms with Gasteiger partial charge in [0, 0.05) is 6.61 Å². The Morgan fingerprint density at radius 1 is 1.11 bits per heavy atom. The van der Waals surface area contributed by atoms with Crippen LogP contribution in [0.4, 0.5) is 0 Å². The smallest absolute Gasteiger partial charge is 0.338 e. The molecule has 1 fully saturated rings. The maximum absolute atomic E-state index is 13.7. The number of fused-ring (bicyclic) bond motifs is 4. The first-order valence-corrected chi connectivity index (χ1v) is 11.7. The van der Waals surface area contributed by atoms with Gasteiger partial charge in [0.15, 0.2) is 11.3 Å². The Hall–Kier alpha value is -4.11. The first-order valence-electron chi connectivity index (χ1n) is 11.7. The van der Waals surface area contributed by atoms with Crippen LogP contribution >= 0.6 is 0 Å². The van der Waals surface area contributed by atoms with Gasteiger partial charge in [-0.2, -0.15) is 0 Å². The van der Waals surface area contributed by atoms with E-state index < -0.39 is 5.97 Å². The lowest BCUT2D eigenvalue weighted by Gasteiger charge is -2.12. The summed E-state index contributed by atoms with van der Waals surface area (Å²) in [5, 5.41) is 0.389. The van der Waals surface area contributed by atoms with E-state index in [0.29, 0.717) is 57.6 Å². The van der Waals surface area contributed by atoms with Gasteiger partial charge in [-0.1, -0.05) is 18.2 Å². The van der Waals surface area contributed by atoms with Crippen LogP contribution in [0.15, 0.2) is 59.7 Å². The molecule has 0 amide bonds. The fraction of sp³-hybridized carbons (Fsp3) is 0.269. The molecule has 4 heterocycles. The molecule has 1 unspecified atom stereocenters. The quantitative estimate of drug-likeness (QED) is 0.362. The molecule has 0 N–H and O–H groups in total. The fourth-order valence-electron chi connectivity index (χ4n) is 4.64. The molecule has 3 aromatic heterocycles. The number of carbonyl (C=O) groups excluding carboxylic acids is 1. The number of benzene rings is 2. The van der Waals surface area contributed by atoms with Crippen LogP contribution in [0.25, 0.3) is 38.9 Å². The van der Waals surface area contributed by atoms with E-state index in [9.17, 15) is 9.59 Å². The zero-order valence-corrected chi connectivity index (χ0v) is 19.2. The third kappa shape index (κ3) is 3.64. The summed E-state index contributed by atoms with van der Waals surface area (Å²) in [5.74, 6) is -0.418. The van der Waals surface area contributed by atoms with Crippen molar-refractivity contribution in [3.05, 3.63) is 70.8 Å². The summed E-state index contributed by atoms with van der Waals surface area (Å²) in [6.45, 7) is 3.19. The van der Waals surface area contributed by atoms with Crippen molar-refractivity contribution in [3.63, 3.8) is 0 Å². The molecular weight excluding hydrogens is 446 g/mol. The molecule has 1 aliphatic rings. The van der Waals surface area contributed by atoms with Crippen LogP contribution in [0.1, 0.15) is 30.1 Å². The Morgan fingerprint density at radius 3 is 2.71 bits per heavy atom. The number of aromatic nitrogens is 5. The topological polar surface area (TPSA) is 101 Å². The molecular formula is C26H23N5O4. The Balaban J connectivity index is 1.63. The summed E-state index contributed by atoms with van der Waals surface area (Å²) < 4.78 is 14.3. The fourth-order valence-corrected chi connectivity index (χ4v) is 4.64. The van der Waals surface area contributed by atoms with Crippen molar-refractivity contribution < 1.29 is 14.3 Å². The molecule has 9 heteroatoms. The molecule has 0 spiro atoms. The Labute approximate surface area is 200 Å². The lowest BCUT2D eigenvalue weighted by molar-refractivity contribution is 0.0526. The molecule has 6 rings (SSSR count). The van der Waals surface area contributed by atoms with E-state index in [1.807, 2.05) is 30.3 Å². The van der Waals surface area contributed by atoms with Crippen LogP contribution in [0, 0.1) is 0 Å². The van der Waals surface area contributed by atoms with Crippen molar-refractivity contribution in [2.45, 2.75) is 32.4 Å². The average Bonchev–Trinajstić information content (AvgIpc) is 3.50. The second kappa shape index (κ2) is 8.59. The van der Waals surface area contributed by atoms with Gasteiger partial charge in [0.25, 0.3) is 5.56 Å². The average molecular weight is 470 g/mol. The van der Waals surface area contributed by atoms with Crippen molar-refractivity contribution >= 4 is 39.2 Å². The zero-order chi connectivity index (χ0) is 23.9. The van der Waals surface area contributed by atoms with Gasteiger partial charge in [0.2, 0.25) is 0 Å². The monoisotopic (exact) mass is 469 g/mol. The molecule has 5 aromatic rings. The molecule has 1 atom stereocenters. The molecule has 0 bridgehead atoms. The molecule has 2 aromatic carbocycles. The minimum absolute atomic E-state index is 0.00604. The lowest BCUT2D eigenvalue weighted by atomic mass is 10.2. The highest BCUT2D eigenvalue weighted by molar-refractivity contribution is 6.06. The number of nitrogens with zero attached hydrogens (tertiary/aromatic N) is 5. The Kier molecular flexibility index (Phi) is 5.26. The molecule has 35 heavy (non-hydrogen) atoms. The second-order valence-electron chi connectivity index (χ2n) is 8.53. The van der Waals surface area contributed by atoms with Gasteiger partial charge in [-0.25, -0.2) is 19.7 Å². The maximum Gasteiger partial charge on any atom is 0.338 e. The van der Waals surface area contributed by atoms with Crippen molar-refractivity contribution in [1.82, 2.24) is 24.1 Å². The van der Waals surface area contributed by atoms with Gasteiger partial charge in [0.1, 0.15) is 17.2 Å². The van der Waals surface area contributed by atoms with Gasteiger partial charge < -0.3 is 9.47 Å². The number of para-hydroxylation sites is 2. The van der Waals surface area contributed by atoms with Crippen molar-refractivity contribution in [2.75, 3.05) is 13.2 Å². The van der Waals surface area contributed by atoms with Crippen LogP contribution in [0.3, 0.4) is 0 Å². The van der Waals surface area contributed by atoms with E-state index in [-0.39, 0.29) is 18.3 Å². The number of hydrogen-bond acceptors (Lipinski definition) is 7. The van der Waals surface area contributed by atoms with Crippen LogP contribution in [0.2, 0.25) is 0 Å². The zero-order valence-electron chi connectivity index (χ0n) is 19.2. The molecule has 176 valence electrons. The van der Waals surface area contributed by atoms with Crippen molar-refractivity contribution in [2.24, 2.45) is 0 Å². The van der Waals surface area contributed by atoms with Gasteiger partial charge in [-0.05, 0) is 50.1 Å². The standard InChI is InChI=1S/C26H23N5O4/c1-2-34-26(33)16-7-5-8-17(13-16)31-23-21(22-24(31)29-20-11-4-3-10-19(20)28-22)25(32)30(15-27-23)14-18-9-6-12-35-18/h3-5,7-8,10-11,13,15,18H,2,6,9,12,14H2,1H3. The highest BCUT2D eigenvalue weighted by atomic mass is 16.5. The van der Waals surface area contributed by atoms with Crippen LogP contribution in [0.5, 0.6) is 0 Å². The summed E-state index contributed by atoms with van der Waals surface area (Å²) in [6.07, 6.45) is 3.45. The predicted octanol–water partition coefficient (Wildman–Crippen LogP) is 3.64. The largest absolute Gasteiger partial charge is 0.462 e. The number of rotatable bonds is 5. The SMILES string of the molecule is CCOC(=O)c1cccc(-n2c3nc4ccccc4nc3c3c(=O)n(CC4CCCO4)cnc32)c1. The molecule has 1 aliphatic heterocycles. The van der Waals surface area contributed by atoms with E-state index in [4.69, 9.17) is 19.4 Å². The van der Waals surface area contributed by atoms with E-state index in [0.717, 1.165) is 12.8 Å². The third-order valence-electron chi connectivity index (χ3n) is 6.27. The van der Waals surface area contributed by atoms with Gasteiger partial charge >= 0.3 is 5.97 Å². The molecule has 9 nitrogen and oxygen atoms in total. The number of carbonyl (C=O) groups is 1. The van der Waals surface area contributed by atoms with E-state index in [1.54, 1.807) is 40.6 Å². The van der Waals surface area contributed by atoms with Crippen molar-refractivity contribution in [1.29, 1.82) is 0 Å². The van der Waals surface area contributed by atoms with E-state index >= 15 is 0 Å². The maximum atomic E-state index is 13.7. The first kappa shape index (κ1) is 21.4. The van der Waals surface area contributed by atoms with Crippen molar-refractivity contribution in [3.8, 4) is 5.69 Å². The summed E-state index contributed by atoms with van der Waals surface area (Å²) >= 11 is 0. The van der Waals surface area contributed by atoms with Crippen LogP contribution in [-0.4, -0.2) is 49.4 Å². The lowest BCUT2D eigenvalue weighted by Crippen LogP contribution is -2.26. The molecule has 0 radical (unpaired) electrons. The second-order valence-corrected chi connectivity index (χ2v) is 8.53. The molecule has 1 saturated heterocycles. The van der Waals surface area contributed by atoms with Crippen LogP contribution < -0.4 is 5.56 Å². The Bertz CT molecular complexity index is 1650. The third-order valence-corrected chi connectivity index (χ3v) is 6.27. The normalized spacial score (nSPS) is 15.9. The highest BCUT2D eigenvalue weighted by Crippen LogP contribution is 2.29. The first-order chi connectivity index (χ1) is 17.1. The van der Waals surface area contributed by atoms with Crippen LogP contribution in [-0.2, 0) is 16.0 Å². The summed E-state index contributed by atoms with van der Waals surface area (Å²) in [5.41, 5.74) is 3.64. The summed E-state index contributed by atoms with van der Waals surface area (Å²) in [6, 6.07) is 14.6. The predicted molar refractivity (Wildman–Crippen MR) is 131 cm³/mol. The summed E-state index contributed by atoms with van der Waals surface area (Å²) in [7, 11) is 0. The number of hydrogen-bond donors (Lipinski definition) is 0. The minimum atomic E-state index is -0.418. The minimum Gasteiger partial charge on any atom is -0.462 e. The van der Waals surface area contributed by atoms with E-state index in [1.165, 1.54) is 0 Å². The number of esters is 1. The molecule has 0 saturated carbocycles. The van der Waals surface area contributed by atoms with E-state index in [2.05, 4.69) is 4.98 Å². The van der Waals surface area contributed by atoms with Gasteiger partial charge in [0.05, 0.1) is 41.5 Å². The number of ether oxygens (including phenoxy) is 2.